The zero-order valence-corrected chi connectivity index (χ0v) is 73.4. The van der Waals surface area contributed by atoms with Gasteiger partial charge in [-0.05, 0) is 297 Å². The van der Waals surface area contributed by atoms with Crippen molar-refractivity contribution in [1.29, 1.82) is 0 Å². The number of hydrogen-bond donors (Lipinski definition) is 0. The third kappa shape index (κ3) is 9.07. The number of furan rings is 1. The standard InChI is InChI=1S/C130H76N2OS/c1-13-44-105-86(30-1)87-31-2-14-45-106(87)127(105)111-50-19-7-36-92(111)97-64-60-81(73-117(97)127)131(80-29-25-28-77(70-80)78-59-69-124-104(71-78)101-41-12-24-57-123(101)134-124)82-61-65-98-95-39-10-22-53-114(95)130(118(98)74-82)115-54-23-11-40-96(115)103-72-79(58-68-116(103)130)85-42-27-56-122-125(85)102-43-26-55-121(126(102)133-122)132(83-62-66-99-93-37-8-20-51-112(93)128(119(99)75-83)107-46-15-3-32-88(107)89-33-4-16-47-108(89)128)84-63-67-100-94-38-9-21-52-113(94)129(120(100)76-84)109-48-17-5-34-90(109)91-35-6-18-49-110(91)129/h1-76H. The van der Waals surface area contributed by atoms with Gasteiger partial charge in [-0.1, -0.05) is 364 Å². The Labute approximate surface area is 779 Å². The molecule has 21 aromatic carbocycles. The largest absolute Gasteiger partial charge is 0.454 e. The molecule has 1 atom stereocenters. The van der Waals surface area contributed by atoms with Gasteiger partial charge in [-0.25, -0.2) is 0 Å². The highest BCUT2D eigenvalue weighted by molar-refractivity contribution is 7.25. The molecular formula is C130H76N2OS. The van der Waals surface area contributed by atoms with E-state index in [2.05, 4.69) is 471 Å². The van der Waals surface area contributed by atoms with Crippen LogP contribution in [0, 0.1) is 0 Å². The Morgan fingerprint density at radius 2 is 0.470 bits per heavy atom. The lowest BCUT2D eigenvalue weighted by atomic mass is 9.70. The summed E-state index contributed by atoms with van der Waals surface area (Å²) in [4.78, 5) is 5.10. The van der Waals surface area contributed by atoms with Gasteiger partial charge in [0.05, 0.1) is 27.3 Å². The fourth-order valence-electron chi connectivity index (χ4n) is 27.0. The minimum Gasteiger partial charge on any atom is -0.454 e. The van der Waals surface area contributed by atoms with Crippen LogP contribution in [0.25, 0.3) is 153 Å². The van der Waals surface area contributed by atoms with E-state index in [1.807, 2.05) is 11.3 Å². The molecule has 0 bridgehead atoms. The van der Waals surface area contributed by atoms with Gasteiger partial charge in [0.1, 0.15) is 5.58 Å². The second kappa shape index (κ2) is 26.5. The van der Waals surface area contributed by atoms with Gasteiger partial charge in [0, 0.05) is 59.4 Å². The predicted octanol–water partition coefficient (Wildman–Crippen LogP) is 33.6. The topological polar surface area (TPSA) is 19.6 Å². The van der Waals surface area contributed by atoms with E-state index in [1.165, 1.54) is 204 Å². The first-order valence-electron chi connectivity index (χ1n) is 46.8. The average Bonchev–Trinajstić information content (AvgIpc) is 1.52. The summed E-state index contributed by atoms with van der Waals surface area (Å²) in [6.07, 6.45) is 0. The molecule has 0 radical (unpaired) electrons. The van der Waals surface area contributed by atoms with Gasteiger partial charge in [0.2, 0.25) is 0 Å². The Morgan fingerprint density at radius 3 is 0.881 bits per heavy atom. The Morgan fingerprint density at radius 1 is 0.172 bits per heavy atom. The number of thiophene rings is 1. The van der Waals surface area contributed by atoms with E-state index in [0.717, 1.165) is 72.8 Å². The van der Waals surface area contributed by atoms with Gasteiger partial charge < -0.3 is 14.2 Å². The maximum absolute atomic E-state index is 7.73. The molecule has 8 aliphatic carbocycles. The van der Waals surface area contributed by atoms with Gasteiger partial charge in [0.25, 0.3) is 0 Å². The van der Waals surface area contributed by atoms with Crippen LogP contribution >= 0.6 is 11.3 Å². The van der Waals surface area contributed by atoms with Crippen molar-refractivity contribution in [3.05, 3.63) is 550 Å². The molecule has 1 unspecified atom stereocenters. The van der Waals surface area contributed by atoms with Crippen molar-refractivity contribution in [2.45, 2.75) is 21.7 Å². The third-order valence-electron chi connectivity index (χ3n) is 31.9. The molecule has 31 rings (SSSR count). The van der Waals surface area contributed by atoms with Crippen LogP contribution in [0.4, 0.5) is 34.1 Å². The monoisotopic (exact) mass is 1710 g/mol. The number of benzene rings is 21. The molecule has 2 heterocycles. The van der Waals surface area contributed by atoms with Crippen LogP contribution in [-0.2, 0) is 21.7 Å². The van der Waals surface area contributed by atoms with E-state index in [1.54, 1.807) is 0 Å². The number of nitrogens with zero attached hydrogens (tertiary/aromatic N) is 2. The van der Waals surface area contributed by atoms with E-state index >= 15 is 0 Å². The summed E-state index contributed by atoms with van der Waals surface area (Å²) < 4.78 is 10.3. The Kier molecular flexibility index (Phi) is 14.5. The van der Waals surface area contributed by atoms with Crippen molar-refractivity contribution < 1.29 is 4.42 Å². The van der Waals surface area contributed by atoms with Crippen LogP contribution in [0.15, 0.2) is 465 Å². The van der Waals surface area contributed by atoms with E-state index in [-0.39, 0.29) is 0 Å². The molecule has 0 amide bonds. The first-order valence-corrected chi connectivity index (χ1v) is 47.6. The van der Waals surface area contributed by atoms with Crippen LogP contribution in [-0.4, -0.2) is 0 Å². The second-order valence-corrected chi connectivity index (χ2v) is 38.7. The minimum absolute atomic E-state index is 0.554. The normalized spacial score (nSPS) is 15.2. The van der Waals surface area contributed by atoms with Crippen LogP contribution in [0.5, 0.6) is 0 Å². The first kappa shape index (κ1) is 73.1. The SMILES string of the molecule is c1cc(-c2ccc3sc4ccccc4c3c2)cc(N(c2ccc3c(c2)C2(c4ccccc4-c4ccccc42)c2ccccc2-3)c2ccc3c(c2)C2(c4ccccc4-c4cc(-c5cccc6oc7c(N(c8ccc9c(c8)C8(c%10ccccc%10-c%10ccccc%108)c8ccccc8-9)c8ccc9c(c8)C8(c%10ccccc%10-c%10ccccc%108)c8ccccc8-9)cccc7c56)ccc42)c2ccccc2-3)c1. The molecule has 4 heteroatoms. The lowest BCUT2D eigenvalue weighted by Crippen LogP contribution is -2.26. The van der Waals surface area contributed by atoms with Crippen molar-refractivity contribution in [2.75, 3.05) is 9.80 Å². The number of hydrogen-bond acceptors (Lipinski definition) is 4. The lowest BCUT2D eigenvalue weighted by molar-refractivity contribution is 0.669. The summed E-state index contributed by atoms with van der Waals surface area (Å²) in [7, 11) is 0. The van der Waals surface area contributed by atoms with Crippen molar-refractivity contribution in [1.82, 2.24) is 0 Å². The highest BCUT2D eigenvalue weighted by Crippen LogP contribution is 2.70. The summed E-state index contributed by atoms with van der Waals surface area (Å²) in [5, 5.41) is 4.69. The molecule has 0 saturated heterocycles. The zero-order chi connectivity index (χ0) is 87.2. The summed E-state index contributed by atoms with van der Waals surface area (Å²) >= 11 is 1.87. The van der Waals surface area contributed by atoms with E-state index in [9.17, 15) is 0 Å². The maximum atomic E-state index is 7.73. The first-order chi connectivity index (χ1) is 66.4. The lowest BCUT2D eigenvalue weighted by Gasteiger charge is -2.33. The number of anilines is 6. The predicted molar refractivity (Wildman–Crippen MR) is 552 cm³/mol. The average molecular weight is 1710 g/mol. The summed E-state index contributed by atoms with van der Waals surface area (Å²) in [6.45, 7) is 0. The molecule has 3 nitrogen and oxygen atoms in total. The summed E-state index contributed by atoms with van der Waals surface area (Å²) in [6, 6.07) is 177. The number of fused-ring (bicyclic) bond motifs is 46. The van der Waals surface area contributed by atoms with Crippen molar-refractivity contribution in [3.8, 4) is 111 Å². The summed E-state index contributed by atoms with van der Waals surface area (Å²) in [5.41, 5.74) is 51.0. The van der Waals surface area contributed by atoms with Crippen molar-refractivity contribution >= 4 is 87.6 Å². The van der Waals surface area contributed by atoms with Gasteiger partial charge in [-0.2, -0.15) is 0 Å². The third-order valence-corrected chi connectivity index (χ3v) is 33.1. The number of rotatable bonds is 8. The molecule has 618 valence electrons. The van der Waals surface area contributed by atoms with E-state index in [0.29, 0.717) is 0 Å². The molecule has 134 heavy (non-hydrogen) atoms. The Hall–Kier alpha value is -16.8. The molecule has 0 fully saturated rings. The molecule has 0 aliphatic heterocycles. The van der Waals surface area contributed by atoms with Crippen LogP contribution in [0.3, 0.4) is 0 Å². The van der Waals surface area contributed by atoms with E-state index < -0.39 is 21.7 Å². The van der Waals surface area contributed by atoms with Gasteiger partial charge >= 0.3 is 0 Å². The molecule has 2 aromatic heterocycles. The molecule has 23 aromatic rings. The molecule has 8 aliphatic rings. The van der Waals surface area contributed by atoms with Gasteiger partial charge in [-0.15, -0.1) is 11.3 Å². The maximum Gasteiger partial charge on any atom is 0.159 e. The van der Waals surface area contributed by atoms with Crippen molar-refractivity contribution in [2.24, 2.45) is 0 Å². The van der Waals surface area contributed by atoms with Crippen LogP contribution < -0.4 is 9.80 Å². The van der Waals surface area contributed by atoms with Gasteiger partial charge in [0.15, 0.2) is 5.58 Å². The summed E-state index contributed by atoms with van der Waals surface area (Å²) in [5.74, 6) is 0. The van der Waals surface area contributed by atoms with Crippen LogP contribution in [0.1, 0.15) is 89.0 Å². The van der Waals surface area contributed by atoms with E-state index in [4.69, 9.17) is 4.42 Å². The number of para-hydroxylation sites is 1. The van der Waals surface area contributed by atoms with Crippen LogP contribution in [0.2, 0.25) is 0 Å². The fourth-order valence-corrected chi connectivity index (χ4v) is 28.0. The second-order valence-electron chi connectivity index (χ2n) is 37.6. The molecular weight excluding hydrogens is 1640 g/mol. The van der Waals surface area contributed by atoms with Crippen molar-refractivity contribution in [3.63, 3.8) is 0 Å². The molecule has 0 N–H and O–H groups in total. The highest BCUT2D eigenvalue weighted by Gasteiger charge is 2.57. The molecule has 0 saturated carbocycles. The Bertz CT molecular complexity index is 8840. The smallest absolute Gasteiger partial charge is 0.159 e. The van der Waals surface area contributed by atoms with Gasteiger partial charge in [-0.3, -0.25) is 0 Å². The Balaban J connectivity index is 0.594. The fraction of sp³-hybridized carbons (Fsp3) is 0.0308. The molecule has 4 spiro atoms. The quantitative estimate of drug-likeness (QED) is 0.151. The highest BCUT2D eigenvalue weighted by atomic mass is 32.1. The zero-order valence-electron chi connectivity index (χ0n) is 72.6. The minimum atomic E-state index is -0.707.